The van der Waals surface area contributed by atoms with Gasteiger partial charge in [-0.1, -0.05) is 18.2 Å². The number of para-hydroxylation sites is 1. The molecule has 100 valence electrons. The number of aromatic nitrogens is 2. The van der Waals surface area contributed by atoms with E-state index >= 15 is 0 Å². The van der Waals surface area contributed by atoms with Crippen molar-refractivity contribution >= 4 is 28.0 Å². The summed E-state index contributed by atoms with van der Waals surface area (Å²) in [6.45, 7) is 0. The van der Waals surface area contributed by atoms with Gasteiger partial charge in [0.2, 0.25) is 0 Å². The normalized spacial score (nSPS) is 14.2. The van der Waals surface area contributed by atoms with Crippen LogP contribution in [0.3, 0.4) is 0 Å². The van der Waals surface area contributed by atoms with Crippen LogP contribution in [0.4, 0.5) is 0 Å². The number of aromatic amines is 1. The highest BCUT2D eigenvalue weighted by Gasteiger charge is 2.27. The van der Waals surface area contributed by atoms with E-state index in [1.807, 2.05) is 30.3 Å². The lowest BCUT2D eigenvalue weighted by molar-refractivity contribution is 0.100. The van der Waals surface area contributed by atoms with Crippen LogP contribution >= 0.6 is 0 Å². The fourth-order valence-electron chi connectivity index (χ4n) is 2.63. The molecule has 0 atom stereocenters. The molecular weight excluding hydrogens is 264 g/mol. The predicted octanol–water partition coefficient (Wildman–Crippen LogP) is 3.03. The topological polar surface area (TPSA) is 62.8 Å². The third kappa shape index (κ3) is 1.73. The van der Waals surface area contributed by atoms with Crippen molar-refractivity contribution in [2.45, 2.75) is 0 Å². The smallest absolute Gasteiger partial charge is 0.196 e. The minimum atomic E-state index is -0.189. The number of H-pyrrole nitrogens is 1. The van der Waals surface area contributed by atoms with Gasteiger partial charge in [-0.2, -0.15) is 0 Å². The lowest BCUT2D eigenvalue weighted by Crippen LogP contribution is -2.16. The molecule has 0 saturated heterocycles. The Hall–Kier alpha value is -3.01. The number of carbonyl (C=O) groups is 2. The van der Waals surface area contributed by atoms with Crippen LogP contribution in [-0.2, 0) is 0 Å². The zero-order chi connectivity index (χ0) is 14.4. The lowest BCUT2D eigenvalue weighted by atomic mass is 9.89. The van der Waals surface area contributed by atoms with Crippen LogP contribution in [0.5, 0.6) is 0 Å². The molecule has 0 saturated carbocycles. The van der Waals surface area contributed by atoms with Gasteiger partial charge < -0.3 is 4.98 Å². The summed E-state index contributed by atoms with van der Waals surface area (Å²) >= 11 is 0. The van der Waals surface area contributed by atoms with Crippen LogP contribution in [0.25, 0.3) is 16.5 Å². The van der Waals surface area contributed by atoms with Crippen molar-refractivity contribution in [3.05, 3.63) is 71.7 Å². The van der Waals surface area contributed by atoms with E-state index in [0.29, 0.717) is 22.4 Å². The highest BCUT2D eigenvalue weighted by atomic mass is 16.1. The summed E-state index contributed by atoms with van der Waals surface area (Å²) in [6.07, 6.45) is 4.35. The Labute approximate surface area is 120 Å². The summed E-state index contributed by atoms with van der Waals surface area (Å²) in [5, 5.41) is 1.01. The monoisotopic (exact) mass is 274 g/mol. The Morgan fingerprint density at radius 3 is 2.71 bits per heavy atom. The molecule has 1 aliphatic rings. The number of pyridine rings is 1. The number of carbonyl (C=O) groups excluding carboxylic acids is 2. The van der Waals surface area contributed by atoms with Crippen molar-refractivity contribution in [3.63, 3.8) is 0 Å². The third-order valence-electron chi connectivity index (χ3n) is 3.67. The van der Waals surface area contributed by atoms with Crippen molar-refractivity contribution in [3.8, 4) is 0 Å². The van der Waals surface area contributed by atoms with E-state index in [1.54, 1.807) is 6.07 Å². The van der Waals surface area contributed by atoms with Crippen molar-refractivity contribution in [2.24, 2.45) is 0 Å². The first-order chi connectivity index (χ1) is 10.2. The fraction of sp³-hybridized carbons (Fsp3) is 0. The number of fused-ring (bicyclic) bond motifs is 2. The van der Waals surface area contributed by atoms with Crippen LogP contribution < -0.4 is 0 Å². The number of allylic oxidation sites excluding steroid dienone is 2. The average molecular weight is 274 g/mol. The minimum Gasteiger partial charge on any atom is -0.354 e. The van der Waals surface area contributed by atoms with E-state index in [4.69, 9.17) is 0 Å². The second-order valence-corrected chi connectivity index (χ2v) is 4.94. The van der Waals surface area contributed by atoms with Crippen LogP contribution in [0.15, 0.2) is 54.9 Å². The van der Waals surface area contributed by atoms with Gasteiger partial charge in [0.1, 0.15) is 0 Å². The number of nitrogens with one attached hydrogen (secondary N) is 1. The maximum absolute atomic E-state index is 12.6. The molecule has 1 N–H and O–H groups in total. The van der Waals surface area contributed by atoms with Crippen LogP contribution in [-0.4, -0.2) is 21.5 Å². The summed E-state index contributed by atoms with van der Waals surface area (Å²) in [6, 6.07) is 11.2. The second kappa shape index (κ2) is 4.24. The van der Waals surface area contributed by atoms with Crippen molar-refractivity contribution in [1.82, 2.24) is 9.97 Å². The summed E-state index contributed by atoms with van der Waals surface area (Å²) < 4.78 is 0. The molecule has 1 aromatic carbocycles. The molecule has 0 unspecified atom stereocenters. The lowest BCUT2D eigenvalue weighted by Gasteiger charge is -2.13. The average Bonchev–Trinajstić information content (AvgIpc) is 2.94. The van der Waals surface area contributed by atoms with Gasteiger partial charge in [-0.3, -0.25) is 14.6 Å². The zero-order valence-corrected chi connectivity index (χ0v) is 11.0. The first-order valence-electron chi connectivity index (χ1n) is 6.57. The highest BCUT2D eigenvalue weighted by molar-refractivity contribution is 6.38. The molecule has 3 aromatic rings. The van der Waals surface area contributed by atoms with Gasteiger partial charge in [0.05, 0.1) is 11.3 Å². The molecule has 4 rings (SSSR count). The Kier molecular flexibility index (Phi) is 2.38. The fourth-order valence-corrected chi connectivity index (χ4v) is 2.63. The zero-order valence-electron chi connectivity index (χ0n) is 11.0. The number of Topliss-reactive ketones (excluding diaryl/α,β-unsaturated/α-hetero) is 1. The summed E-state index contributed by atoms with van der Waals surface area (Å²) in [5.74, 6) is -0.343. The van der Waals surface area contributed by atoms with Gasteiger partial charge >= 0.3 is 0 Å². The Morgan fingerprint density at radius 1 is 1.00 bits per heavy atom. The molecule has 4 nitrogen and oxygen atoms in total. The van der Waals surface area contributed by atoms with Crippen LogP contribution in [0, 0.1) is 0 Å². The van der Waals surface area contributed by atoms with E-state index in [2.05, 4.69) is 9.97 Å². The maximum atomic E-state index is 12.6. The first kappa shape index (κ1) is 11.8. The Bertz CT molecular complexity index is 902. The molecule has 2 heterocycles. The SMILES string of the molecule is O=C1C=C(c2cc3ccccc3[nH]2)C(=O)c2ccncc21. The molecule has 0 bridgehead atoms. The number of rotatable bonds is 1. The molecular formula is C17H10N2O2. The molecule has 0 aliphatic heterocycles. The number of hydrogen-bond acceptors (Lipinski definition) is 3. The van der Waals surface area contributed by atoms with Crippen molar-refractivity contribution in [1.29, 1.82) is 0 Å². The number of nitrogens with zero attached hydrogens (tertiary/aromatic N) is 1. The molecule has 4 heteroatoms. The van der Waals surface area contributed by atoms with E-state index < -0.39 is 0 Å². The predicted molar refractivity (Wildman–Crippen MR) is 79.2 cm³/mol. The maximum Gasteiger partial charge on any atom is 0.196 e. The largest absolute Gasteiger partial charge is 0.354 e. The Balaban J connectivity index is 1.90. The minimum absolute atomic E-state index is 0.154. The van der Waals surface area contributed by atoms with Gasteiger partial charge in [-0.25, -0.2) is 0 Å². The number of benzene rings is 1. The van der Waals surface area contributed by atoms with Gasteiger partial charge in [0, 0.05) is 34.4 Å². The summed E-state index contributed by atoms with van der Waals surface area (Å²) in [5.41, 5.74) is 2.77. The number of ketones is 2. The van der Waals surface area contributed by atoms with Crippen molar-refractivity contribution in [2.75, 3.05) is 0 Å². The third-order valence-corrected chi connectivity index (χ3v) is 3.67. The highest BCUT2D eigenvalue weighted by Crippen LogP contribution is 2.28. The van der Waals surface area contributed by atoms with Gasteiger partial charge in [-0.15, -0.1) is 0 Å². The molecule has 0 spiro atoms. The number of hydrogen-bond donors (Lipinski definition) is 1. The molecule has 0 fully saturated rings. The molecule has 0 amide bonds. The quantitative estimate of drug-likeness (QED) is 0.742. The van der Waals surface area contributed by atoms with Crippen LogP contribution in [0.2, 0.25) is 0 Å². The van der Waals surface area contributed by atoms with Gasteiger partial charge in [0.25, 0.3) is 0 Å². The van der Waals surface area contributed by atoms with Gasteiger partial charge in [0.15, 0.2) is 11.6 Å². The molecule has 0 radical (unpaired) electrons. The van der Waals surface area contributed by atoms with E-state index in [9.17, 15) is 9.59 Å². The van der Waals surface area contributed by atoms with Crippen molar-refractivity contribution < 1.29 is 9.59 Å². The van der Waals surface area contributed by atoms with E-state index in [-0.39, 0.29) is 11.6 Å². The second-order valence-electron chi connectivity index (χ2n) is 4.94. The first-order valence-corrected chi connectivity index (χ1v) is 6.57. The standard InChI is InChI=1S/C17H10N2O2/c20-16-8-12(17(21)11-5-6-18-9-13(11)16)15-7-10-3-1-2-4-14(10)19-15/h1-9,19H. The molecule has 21 heavy (non-hydrogen) atoms. The molecule has 2 aromatic heterocycles. The summed E-state index contributed by atoms with van der Waals surface area (Å²) in [4.78, 5) is 31.8. The van der Waals surface area contributed by atoms with E-state index in [0.717, 1.165) is 10.9 Å². The van der Waals surface area contributed by atoms with Gasteiger partial charge in [-0.05, 0) is 24.3 Å². The van der Waals surface area contributed by atoms with E-state index in [1.165, 1.54) is 18.5 Å². The molecule has 1 aliphatic carbocycles. The Morgan fingerprint density at radius 2 is 1.86 bits per heavy atom. The summed E-state index contributed by atoms with van der Waals surface area (Å²) in [7, 11) is 0. The van der Waals surface area contributed by atoms with Crippen LogP contribution in [0.1, 0.15) is 26.4 Å².